The third-order valence-electron chi connectivity index (χ3n) is 4.04. The number of carbonyl (C=O) groups excluding carboxylic acids is 1. The summed E-state index contributed by atoms with van der Waals surface area (Å²) in [4.78, 5) is 12.4. The van der Waals surface area contributed by atoms with Crippen molar-refractivity contribution in [2.45, 2.75) is 43.4 Å². The molecular formula is C14H20N2O3S. The number of hydrogen-bond acceptors (Lipinski definition) is 4. The van der Waals surface area contributed by atoms with Crippen LogP contribution in [0.2, 0.25) is 0 Å². The summed E-state index contributed by atoms with van der Waals surface area (Å²) in [5.74, 6) is 4.78. The van der Waals surface area contributed by atoms with Gasteiger partial charge in [-0.05, 0) is 33.2 Å². The van der Waals surface area contributed by atoms with E-state index in [1.807, 2.05) is 19.1 Å². The third kappa shape index (κ3) is 2.25. The van der Waals surface area contributed by atoms with Crippen LogP contribution in [0.25, 0.3) is 0 Å². The molecule has 0 aromatic rings. The lowest BCUT2D eigenvalue weighted by Crippen LogP contribution is -2.63. The predicted octanol–water partition coefficient (Wildman–Crippen LogP) is 0.542. The summed E-state index contributed by atoms with van der Waals surface area (Å²) in [6.45, 7) is 3.64. The van der Waals surface area contributed by atoms with Crippen molar-refractivity contribution in [1.29, 1.82) is 0 Å². The van der Waals surface area contributed by atoms with Crippen LogP contribution in [0.3, 0.4) is 0 Å². The van der Waals surface area contributed by atoms with Crippen molar-refractivity contribution in [3.05, 3.63) is 12.2 Å². The molecule has 2 atom stereocenters. The zero-order chi connectivity index (χ0) is 15.0. The van der Waals surface area contributed by atoms with Crippen LogP contribution in [0.5, 0.6) is 0 Å². The van der Waals surface area contributed by atoms with Gasteiger partial charge in [-0.3, -0.25) is 14.8 Å². The van der Waals surface area contributed by atoms with Crippen LogP contribution in [0.15, 0.2) is 12.2 Å². The minimum atomic E-state index is -3.63. The maximum absolute atomic E-state index is 12.4. The standard InChI is InChI=1S/C14H20N2O3S/c1-4-5-6-11-7-8-14(11,15-3)12(17)16-20(18,19)13(2)9-10-13/h5-6,11,15H,4,9-10H2,1-3H3,(H,16,17). The fraction of sp³-hybridized carbons (Fsp3) is 0.643. The Hall–Kier alpha value is -1.32. The van der Waals surface area contributed by atoms with Crippen LogP contribution in [0.4, 0.5) is 0 Å². The molecule has 1 saturated carbocycles. The second-order valence-corrected chi connectivity index (χ2v) is 7.72. The first kappa shape index (κ1) is 15.1. The quantitative estimate of drug-likeness (QED) is 0.554. The number of likely N-dealkylation sites (N-methyl/N-ethyl adjacent to an activating group) is 1. The highest BCUT2D eigenvalue weighted by atomic mass is 32.2. The van der Waals surface area contributed by atoms with Gasteiger partial charge >= 0.3 is 0 Å². The van der Waals surface area contributed by atoms with Gasteiger partial charge in [0.1, 0.15) is 0 Å². The molecule has 0 aromatic carbocycles. The molecule has 0 aromatic heterocycles. The summed E-state index contributed by atoms with van der Waals surface area (Å²) in [6.07, 6.45) is 5.79. The van der Waals surface area contributed by atoms with Gasteiger partial charge in [0.25, 0.3) is 5.91 Å². The van der Waals surface area contributed by atoms with E-state index in [1.165, 1.54) is 0 Å². The molecule has 1 amide bonds. The normalized spacial score (nSPS) is 30.2. The summed E-state index contributed by atoms with van der Waals surface area (Å²) in [7, 11) is -2.01. The zero-order valence-corrected chi connectivity index (χ0v) is 12.8. The molecule has 0 radical (unpaired) electrons. The van der Waals surface area contributed by atoms with Crippen LogP contribution in [0, 0.1) is 17.8 Å². The molecule has 0 heterocycles. The van der Waals surface area contributed by atoms with E-state index >= 15 is 0 Å². The Morgan fingerprint density at radius 1 is 1.45 bits per heavy atom. The van der Waals surface area contributed by atoms with Crippen molar-refractivity contribution < 1.29 is 13.2 Å². The number of carbonyl (C=O) groups is 1. The summed E-state index contributed by atoms with van der Waals surface area (Å²) < 4.78 is 25.6. The maximum Gasteiger partial charge on any atom is 0.267 e. The molecule has 6 heteroatoms. The molecule has 0 spiro atoms. The van der Waals surface area contributed by atoms with Gasteiger partial charge in [0, 0.05) is 0 Å². The highest BCUT2D eigenvalue weighted by Gasteiger charge is 2.54. The molecule has 110 valence electrons. The van der Waals surface area contributed by atoms with Gasteiger partial charge in [0.05, 0.1) is 10.7 Å². The summed E-state index contributed by atoms with van der Waals surface area (Å²) >= 11 is 0. The average molecular weight is 296 g/mol. The first-order valence-electron chi connectivity index (χ1n) is 6.76. The lowest BCUT2D eigenvalue weighted by atomic mass is 9.76. The highest BCUT2D eigenvalue weighted by molar-refractivity contribution is 7.91. The first-order chi connectivity index (χ1) is 9.31. The average Bonchev–Trinajstić information content (AvgIpc) is 3.09. The number of amides is 1. The van der Waals surface area contributed by atoms with Gasteiger partial charge in [-0.25, -0.2) is 8.42 Å². The molecule has 20 heavy (non-hydrogen) atoms. The van der Waals surface area contributed by atoms with Crippen molar-refractivity contribution in [3.63, 3.8) is 0 Å². The Balaban J connectivity index is 2.16. The second-order valence-electron chi connectivity index (χ2n) is 5.53. The number of allylic oxidation sites excluding steroid dienone is 1. The highest BCUT2D eigenvalue weighted by Crippen LogP contribution is 2.42. The second kappa shape index (κ2) is 4.90. The van der Waals surface area contributed by atoms with E-state index in [0.29, 0.717) is 12.8 Å². The molecule has 0 aliphatic heterocycles. The van der Waals surface area contributed by atoms with E-state index in [4.69, 9.17) is 0 Å². The van der Waals surface area contributed by atoms with E-state index in [1.54, 1.807) is 14.0 Å². The topological polar surface area (TPSA) is 75.3 Å². The Bertz CT molecular complexity index is 608. The van der Waals surface area contributed by atoms with Crippen LogP contribution in [-0.2, 0) is 14.8 Å². The van der Waals surface area contributed by atoms with Crippen molar-refractivity contribution in [2.24, 2.45) is 5.92 Å². The summed E-state index contributed by atoms with van der Waals surface area (Å²) in [5.41, 5.74) is -1.13. The Kier molecular flexibility index (Phi) is 3.69. The Morgan fingerprint density at radius 3 is 2.50 bits per heavy atom. The number of nitrogens with one attached hydrogen (secondary N) is 2. The number of rotatable bonds is 6. The largest absolute Gasteiger partial charge is 0.295 e. The molecule has 2 N–H and O–H groups in total. The summed E-state index contributed by atoms with van der Waals surface area (Å²) in [5, 5.41) is 2.87. The van der Waals surface area contributed by atoms with Crippen LogP contribution in [-0.4, -0.2) is 31.7 Å². The molecule has 2 aliphatic rings. The minimum Gasteiger partial charge on any atom is -0.295 e. The van der Waals surface area contributed by atoms with E-state index in [0.717, 1.165) is 6.42 Å². The molecule has 2 aliphatic carbocycles. The SMILES string of the molecule is CCC=CC1C#CC1(NC)C(=O)NS(=O)(=O)C1(C)CC1. The van der Waals surface area contributed by atoms with Crippen molar-refractivity contribution in [1.82, 2.24) is 10.0 Å². The summed E-state index contributed by atoms with van der Waals surface area (Å²) in [6, 6.07) is 0. The van der Waals surface area contributed by atoms with Gasteiger partial charge in [-0.1, -0.05) is 30.9 Å². The minimum absolute atomic E-state index is 0.297. The molecule has 5 nitrogen and oxygen atoms in total. The predicted molar refractivity (Wildman–Crippen MR) is 77.2 cm³/mol. The van der Waals surface area contributed by atoms with Gasteiger partial charge < -0.3 is 0 Å². The van der Waals surface area contributed by atoms with E-state index < -0.39 is 26.2 Å². The monoisotopic (exact) mass is 296 g/mol. The van der Waals surface area contributed by atoms with Crippen LogP contribution < -0.4 is 10.0 Å². The maximum atomic E-state index is 12.4. The van der Waals surface area contributed by atoms with Gasteiger partial charge in [-0.15, -0.1) is 0 Å². The number of hydrogen-bond donors (Lipinski definition) is 2. The van der Waals surface area contributed by atoms with E-state index in [-0.39, 0.29) is 5.92 Å². The number of sulfonamides is 1. The van der Waals surface area contributed by atoms with Crippen molar-refractivity contribution in [2.75, 3.05) is 7.05 Å². The van der Waals surface area contributed by atoms with Gasteiger partial charge in [0.2, 0.25) is 10.0 Å². The van der Waals surface area contributed by atoms with Crippen LogP contribution in [0.1, 0.15) is 33.1 Å². The van der Waals surface area contributed by atoms with Crippen molar-refractivity contribution in [3.8, 4) is 11.8 Å². The molecule has 0 bridgehead atoms. The Morgan fingerprint density at radius 2 is 2.10 bits per heavy atom. The molecular weight excluding hydrogens is 276 g/mol. The van der Waals surface area contributed by atoms with Crippen molar-refractivity contribution >= 4 is 15.9 Å². The molecule has 2 unspecified atom stereocenters. The third-order valence-corrected chi connectivity index (χ3v) is 6.20. The van der Waals surface area contributed by atoms with Crippen LogP contribution >= 0.6 is 0 Å². The van der Waals surface area contributed by atoms with E-state index in [2.05, 4.69) is 21.9 Å². The Labute approximate surface area is 120 Å². The molecule has 0 saturated heterocycles. The lowest BCUT2D eigenvalue weighted by molar-refractivity contribution is -0.124. The lowest BCUT2D eigenvalue weighted by Gasteiger charge is -2.35. The zero-order valence-electron chi connectivity index (χ0n) is 12.0. The smallest absolute Gasteiger partial charge is 0.267 e. The van der Waals surface area contributed by atoms with E-state index in [9.17, 15) is 13.2 Å². The fourth-order valence-corrected chi connectivity index (χ4v) is 3.36. The van der Waals surface area contributed by atoms with Gasteiger partial charge in [-0.2, -0.15) is 0 Å². The molecule has 1 fully saturated rings. The van der Waals surface area contributed by atoms with Gasteiger partial charge in [0.15, 0.2) is 5.54 Å². The first-order valence-corrected chi connectivity index (χ1v) is 8.25. The molecule has 2 rings (SSSR count). The fourth-order valence-electron chi connectivity index (χ4n) is 2.06.